The van der Waals surface area contributed by atoms with Crippen molar-refractivity contribution in [2.75, 3.05) is 0 Å². The van der Waals surface area contributed by atoms with Crippen molar-refractivity contribution in [3.63, 3.8) is 0 Å². The quantitative estimate of drug-likeness (QED) is 0.518. The van der Waals surface area contributed by atoms with Gasteiger partial charge in [0.15, 0.2) is 0 Å². The lowest BCUT2D eigenvalue weighted by Gasteiger charge is -1.74. The molecule has 4 nitrogen and oxygen atoms in total. The summed E-state index contributed by atoms with van der Waals surface area (Å²) in [5.41, 5.74) is 0. The van der Waals surface area contributed by atoms with Crippen LogP contribution in [0.1, 0.15) is 0 Å². The maximum Gasteiger partial charge on any atom is 0.328 e. The van der Waals surface area contributed by atoms with Crippen LogP contribution in [0.3, 0.4) is 0 Å². The van der Waals surface area contributed by atoms with Crippen molar-refractivity contribution in [3.8, 4) is 0 Å². The van der Waals surface area contributed by atoms with Gasteiger partial charge in [-0.3, -0.25) is 4.70 Å². The minimum atomic E-state index is -1.26. The van der Waals surface area contributed by atoms with Gasteiger partial charge in [-0.2, -0.15) is 0 Å². The van der Waals surface area contributed by atoms with E-state index in [0.717, 1.165) is 0 Å². The molecule has 0 fully saturated rings. The van der Waals surface area contributed by atoms with Gasteiger partial charge in [0.1, 0.15) is 0 Å². The third-order valence-corrected chi connectivity index (χ3v) is 0.368. The van der Waals surface area contributed by atoms with Crippen molar-refractivity contribution >= 4 is 11.9 Å². The van der Waals surface area contributed by atoms with Gasteiger partial charge in [-0.25, -0.2) is 9.59 Å². The van der Waals surface area contributed by atoms with Gasteiger partial charge in [-0.1, -0.05) is 0 Å². The zero-order valence-electron chi connectivity index (χ0n) is 4.27. The second kappa shape index (κ2) is 4.76. The van der Waals surface area contributed by atoms with E-state index >= 15 is 0 Å². The van der Waals surface area contributed by atoms with Crippen molar-refractivity contribution in [2.45, 2.75) is 0 Å². The number of aliphatic carboxylic acids is 2. The van der Waals surface area contributed by atoms with Gasteiger partial charge in [0.2, 0.25) is 0 Å². The molecule has 0 aromatic carbocycles. The van der Waals surface area contributed by atoms with Crippen LogP contribution in [0.15, 0.2) is 12.2 Å². The SMILES string of the molecule is F.O=C(O)/C=C\C(=O)O. The molecule has 0 bridgehead atoms. The molecular formula is C4H5FO4. The average molecular weight is 136 g/mol. The summed E-state index contributed by atoms with van der Waals surface area (Å²) in [6.45, 7) is 0. The topological polar surface area (TPSA) is 74.6 Å². The summed E-state index contributed by atoms with van der Waals surface area (Å²) < 4.78 is 0. The van der Waals surface area contributed by atoms with Crippen LogP contribution in [-0.2, 0) is 9.59 Å². The Bertz CT molecular complexity index is 124. The third kappa shape index (κ3) is 10.8. The number of hydrogen-bond donors (Lipinski definition) is 2. The lowest BCUT2D eigenvalue weighted by atomic mass is 10.5. The molecule has 0 saturated heterocycles. The molecule has 2 N–H and O–H groups in total. The normalized spacial score (nSPS) is 8.44. The fourth-order valence-electron chi connectivity index (χ4n) is 0.143. The van der Waals surface area contributed by atoms with Crippen molar-refractivity contribution in [1.82, 2.24) is 0 Å². The molecule has 0 atom stereocenters. The monoisotopic (exact) mass is 136 g/mol. The molecule has 52 valence electrons. The summed E-state index contributed by atoms with van der Waals surface area (Å²) in [6, 6.07) is 0. The van der Waals surface area contributed by atoms with Gasteiger partial charge in [-0.15, -0.1) is 0 Å². The Kier molecular flexibility index (Phi) is 5.59. The molecule has 0 rings (SSSR count). The van der Waals surface area contributed by atoms with E-state index in [1.165, 1.54) is 0 Å². The number of rotatable bonds is 2. The Morgan fingerprint density at radius 3 is 1.33 bits per heavy atom. The molecule has 0 radical (unpaired) electrons. The van der Waals surface area contributed by atoms with E-state index in [9.17, 15) is 9.59 Å². The number of halogens is 1. The Morgan fingerprint density at radius 1 is 1.00 bits per heavy atom. The van der Waals surface area contributed by atoms with Crippen LogP contribution in [0.25, 0.3) is 0 Å². The summed E-state index contributed by atoms with van der Waals surface area (Å²) in [5, 5.41) is 15.6. The van der Waals surface area contributed by atoms with Crippen molar-refractivity contribution in [2.24, 2.45) is 0 Å². The predicted octanol–water partition coefficient (Wildman–Crippen LogP) is -0.136. The lowest BCUT2D eigenvalue weighted by molar-refractivity contribution is -0.134. The maximum absolute atomic E-state index is 9.55. The fourth-order valence-corrected chi connectivity index (χ4v) is 0.143. The predicted molar refractivity (Wildman–Crippen MR) is 26.9 cm³/mol. The summed E-state index contributed by atoms with van der Waals surface area (Å²) in [4.78, 5) is 19.1. The summed E-state index contributed by atoms with van der Waals surface area (Å²) in [7, 11) is 0. The second-order valence-electron chi connectivity index (χ2n) is 1.01. The highest BCUT2D eigenvalue weighted by Gasteiger charge is 1.88. The zero-order chi connectivity index (χ0) is 6.57. The number of carboxylic acid groups (broad SMARTS) is 2. The van der Waals surface area contributed by atoms with Crippen LogP contribution in [-0.4, -0.2) is 22.2 Å². The largest absolute Gasteiger partial charge is 0.478 e. The molecule has 0 heterocycles. The fraction of sp³-hybridized carbons (Fsp3) is 0. The van der Waals surface area contributed by atoms with Crippen LogP contribution in [0.4, 0.5) is 4.70 Å². The lowest BCUT2D eigenvalue weighted by Crippen LogP contribution is -1.91. The van der Waals surface area contributed by atoms with E-state index in [1.54, 1.807) is 0 Å². The Morgan fingerprint density at radius 2 is 1.22 bits per heavy atom. The first-order valence-corrected chi connectivity index (χ1v) is 1.77. The standard InChI is InChI=1S/C4H4O4.FH/c5-3(6)1-2-4(7)8;/h1-2H,(H,5,6)(H,7,8);1H/b2-1-;. The van der Waals surface area contributed by atoms with Crippen molar-refractivity contribution in [3.05, 3.63) is 12.2 Å². The average Bonchev–Trinajstić information content (AvgIpc) is 1.61. The van der Waals surface area contributed by atoms with E-state index in [2.05, 4.69) is 0 Å². The molecule has 0 aliphatic carbocycles. The second-order valence-corrected chi connectivity index (χ2v) is 1.01. The van der Waals surface area contributed by atoms with E-state index in [0.29, 0.717) is 12.2 Å². The zero-order valence-corrected chi connectivity index (χ0v) is 4.27. The molecule has 0 amide bonds. The third-order valence-electron chi connectivity index (χ3n) is 0.368. The number of carbonyl (C=O) groups is 2. The van der Waals surface area contributed by atoms with Crippen LogP contribution >= 0.6 is 0 Å². The molecule has 0 spiro atoms. The first kappa shape index (κ1) is 10.6. The molecule has 0 aliphatic rings. The van der Waals surface area contributed by atoms with E-state index < -0.39 is 11.9 Å². The minimum absolute atomic E-state index is 0. The van der Waals surface area contributed by atoms with Crippen LogP contribution in [0.2, 0.25) is 0 Å². The van der Waals surface area contributed by atoms with Gasteiger partial charge in [0.25, 0.3) is 0 Å². The first-order chi connectivity index (χ1) is 3.63. The Balaban J connectivity index is 0. The van der Waals surface area contributed by atoms with Gasteiger partial charge in [0, 0.05) is 12.2 Å². The van der Waals surface area contributed by atoms with E-state index in [4.69, 9.17) is 10.2 Å². The van der Waals surface area contributed by atoms with E-state index in [-0.39, 0.29) is 4.70 Å². The van der Waals surface area contributed by atoms with Crippen molar-refractivity contribution < 1.29 is 24.5 Å². The minimum Gasteiger partial charge on any atom is -0.478 e. The van der Waals surface area contributed by atoms with Gasteiger partial charge >= 0.3 is 11.9 Å². The molecule has 0 aromatic rings. The Hall–Kier alpha value is -1.39. The smallest absolute Gasteiger partial charge is 0.328 e. The summed E-state index contributed by atoms with van der Waals surface area (Å²) >= 11 is 0. The molecular weight excluding hydrogens is 131 g/mol. The maximum atomic E-state index is 9.55. The molecule has 9 heavy (non-hydrogen) atoms. The van der Waals surface area contributed by atoms with Gasteiger partial charge in [0.05, 0.1) is 0 Å². The summed E-state index contributed by atoms with van der Waals surface area (Å²) in [6.07, 6.45) is 1.12. The molecule has 5 heteroatoms. The summed E-state index contributed by atoms with van der Waals surface area (Å²) in [5.74, 6) is -2.51. The molecule has 0 unspecified atom stereocenters. The highest BCUT2D eigenvalue weighted by Crippen LogP contribution is 1.70. The number of hydrogen-bond acceptors (Lipinski definition) is 2. The van der Waals surface area contributed by atoms with Crippen molar-refractivity contribution in [1.29, 1.82) is 0 Å². The van der Waals surface area contributed by atoms with Crippen LogP contribution < -0.4 is 0 Å². The van der Waals surface area contributed by atoms with Crippen LogP contribution in [0, 0.1) is 0 Å². The number of carboxylic acids is 2. The molecule has 0 aliphatic heterocycles. The van der Waals surface area contributed by atoms with Crippen LogP contribution in [0.5, 0.6) is 0 Å². The molecule has 0 aromatic heterocycles. The highest BCUT2D eigenvalue weighted by molar-refractivity contribution is 5.89. The van der Waals surface area contributed by atoms with Gasteiger partial charge < -0.3 is 10.2 Å². The van der Waals surface area contributed by atoms with E-state index in [1.807, 2.05) is 0 Å². The highest BCUT2D eigenvalue weighted by atomic mass is 19.0. The Labute approximate surface area is 49.8 Å². The first-order valence-electron chi connectivity index (χ1n) is 1.77. The molecule has 0 saturated carbocycles. The van der Waals surface area contributed by atoms with Gasteiger partial charge in [-0.05, 0) is 0 Å².